The molecule has 2 aromatic rings. The van der Waals surface area contributed by atoms with Crippen LogP contribution in [-0.2, 0) is 14.8 Å². The van der Waals surface area contributed by atoms with Crippen molar-refractivity contribution >= 4 is 16.0 Å². The number of hydrogen-bond acceptors (Lipinski definition) is 4. The van der Waals surface area contributed by atoms with Gasteiger partial charge in [-0.05, 0) is 56.0 Å². The van der Waals surface area contributed by atoms with E-state index in [4.69, 9.17) is 4.74 Å². The maximum absolute atomic E-state index is 12.9. The number of carbonyl (C=O) groups excluding carboxylic acids is 1. The molecule has 140 valence electrons. The summed E-state index contributed by atoms with van der Waals surface area (Å²) in [7, 11) is -2.51. The molecule has 1 atom stereocenters. The highest BCUT2D eigenvalue weighted by Crippen LogP contribution is 2.25. The van der Waals surface area contributed by atoms with Crippen LogP contribution >= 0.6 is 0 Å². The summed E-state index contributed by atoms with van der Waals surface area (Å²) in [5, 5.41) is 0. The van der Waals surface area contributed by atoms with E-state index in [1.54, 1.807) is 13.0 Å². The van der Waals surface area contributed by atoms with Crippen LogP contribution < -0.4 is 4.72 Å². The number of aryl methyl sites for hydroxylation is 3. The Bertz CT molecular complexity index is 919. The van der Waals surface area contributed by atoms with Gasteiger partial charge in [0.15, 0.2) is 0 Å². The van der Waals surface area contributed by atoms with E-state index in [1.807, 2.05) is 39.0 Å². The third-order valence-corrected chi connectivity index (χ3v) is 5.90. The first-order chi connectivity index (χ1) is 12.2. The first-order valence-corrected chi connectivity index (χ1v) is 9.96. The second kappa shape index (κ2) is 8.01. The Balaban J connectivity index is 2.39. The number of sulfonamides is 1. The zero-order chi connectivity index (χ0) is 19.5. The van der Waals surface area contributed by atoms with Crippen LogP contribution in [0.15, 0.2) is 41.3 Å². The molecule has 0 aliphatic heterocycles. The van der Waals surface area contributed by atoms with Crippen LogP contribution in [0.4, 0.5) is 0 Å². The van der Waals surface area contributed by atoms with Gasteiger partial charge in [-0.3, -0.25) is 0 Å². The normalized spacial score (nSPS) is 12.7. The highest BCUT2D eigenvalue weighted by Gasteiger charge is 2.23. The minimum atomic E-state index is -3.79. The van der Waals surface area contributed by atoms with Gasteiger partial charge in [-0.1, -0.05) is 36.8 Å². The first kappa shape index (κ1) is 20.1. The topological polar surface area (TPSA) is 72.5 Å². The fourth-order valence-corrected chi connectivity index (χ4v) is 4.26. The molecule has 0 fully saturated rings. The fraction of sp³-hybridized carbons (Fsp3) is 0.350. The van der Waals surface area contributed by atoms with E-state index in [1.165, 1.54) is 19.2 Å². The van der Waals surface area contributed by atoms with Crippen LogP contribution in [0.2, 0.25) is 0 Å². The number of ether oxygens (including phenoxy) is 1. The van der Waals surface area contributed by atoms with Gasteiger partial charge in [0.2, 0.25) is 10.0 Å². The van der Waals surface area contributed by atoms with E-state index in [0.717, 1.165) is 16.7 Å². The second-order valence-corrected chi connectivity index (χ2v) is 8.12. The molecule has 1 unspecified atom stereocenters. The molecular formula is C20H25NO4S. The zero-order valence-electron chi connectivity index (χ0n) is 15.8. The monoisotopic (exact) mass is 375 g/mol. The molecular weight excluding hydrogens is 350 g/mol. The Labute approximate surface area is 155 Å². The van der Waals surface area contributed by atoms with Crippen molar-refractivity contribution in [3.63, 3.8) is 0 Å². The standard InChI is InChI=1S/C20H25NO4S/c1-6-19(17-10-7-13(2)11-15(17)4)21-26(23,24)16-9-8-14(3)18(12-16)20(22)25-5/h7-12,19,21H,6H2,1-5H3. The average molecular weight is 375 g/mol. The van der Waals surface area contributed by atoms with Crippen LogP contribution in [0.5, 0.6) is 0 Å². The Hall–Kier alpha value is -2.18. The molecule has 0 radical (unpaired) electrons. The van der Waals surface area contributed by atoms with Crippen LogP contribution in [0.25, 0.3) is 0 Å². The van der Waals surface area contributed by atoms with Crippen LogP contribution in [0.3, 0.4) is 0 Å². The lowest BCUT2D eigenvalue weighted by molar-refractivity contribution is 0.0599. The van der Waals surface area contributed by atoms with Gasteiger partial charge < -0.3 is 4.74 Å². The van der Waals surface area contributed by atoms with Crippen molar-refractivity contribution in [2.24, 2.45) is 0 Å². The van der Waals surface area contributed by atoms with Gasteiger partial charge in [-0.15, -0.1) is 0 Å². The van der Waals surface area contributed by atoms with Gasteiger partial charge in [-0.2, -0.15) is 0 Å². The third-order valence-electron chi connectivity index (χ3n) is 4.43. The van der Waals surface area contributed by atoms with E-state index in [2.05, 4.69) is 4.72 Å². The molecule has 0 aromatic heterocycles. The lowest BCUT2D eigenvalue weighted by Crippen LogP contribution is -2.29. The summed E-state index contributed by atoms with van der Waals surface area (Å²) in [6.45, 7) is 7.64. The van der Waals surface area contributed by atoms with E-state index in [9.17, 15) is 13.2 Å². The van der Waals surface area contributed by atoms with Gasteiger partial charge in [0.05, 0.1) is 17.6 Å². The number of methoxy groups -OCH3 is 1. The van der Waals surface area contributed by atoms with Gasteiger partial charge in [0.1, 0.15) is 0 Å². The summed E-state index contributed by atoms with van der Waals surface area (Å²) in [5.74, 6) is -0.555. The maximum atomic E-state index is 12.9. The van der Waals surface area contributed by atoms with E-state index in [0.29, 0.717) is 12.0 Å². The number of carbonyl (C=O) groups is 1. The van der Waals surface area contributed by atoms with E-state index >= 15 is 0 Å². The fourth-order valence-electron chi connectivity index (χ4n) is 2.94. The quantitative estimate of drug-likeness (QED) is 0.779. The highest BCUT2D eigenvalue weighted by molar-refractivity contribution is 7.89. The molecule has 1 N–H and O–H groups in total. The van der Waals surface area contributed by atoms with E-state index in [-0.39, 0.29) is 16.5 Å². The van der Waals surface area contributed by atoms with Crippen molar-refractivity contribution in [3.05, 3.63) is 64.2 Å². The maximum Gasteiger partial charge on any atom is 0.338 e. The Morgan fingerprint density at radius 2 is 1.77 bits per heavy atom. The first-order valence-electron chi connectivity index (χ1n) is 8.48. The van der Waals surface area contributed by atoms with E-state index < -0.39 is 16.0 Å². The lowest BCUT2D eigenvalue weighted by Gasteiger charge is -2.20. The molecule has 2 rings (SSSR count). The van der Waals surface area contributed by atoms with Crippen molar-refractivity contribution in [1.29, 1.82) is 0 Å². The molecule has 0 spiro atoms. The molecule has 0 amide bonds. The molecule has 2 aromatic carbocycles. The SMILES string of the molecule is CCC(NS(=O)(=O)c1ccc(C)c(C(=O)OC)c1)c1ccc(C)cc1C. The second-order valence-electron chi connectivity index (χ2n) is 6.41. The molecule has 0 aliphatic carbocycles. The molecule has 0 saturated heterocycles. The van der Waals surface area contributed by atoms with Crippen molar-refractivity contribution < 1.29 is 17.9 Å². The van der Waals surface area contributed by atoms with Crippen LogP contribution in [0, 0.1) is 20.8 Å². The van der Waals surface area contributed by atoms with Crippen LogP contribution in [0.1, 0.15) is 52.0 Å². The largest absolute Gasteiger partial charge is 0.465 e. The molecule has 26 heavy (non-hydrogen) atoms. The number of benzene rings is 2. The molecule has 5 nitrogen and oxygen atoms in total. The van der Waals surface area contributed by atoms with Crippen molar-refractivity contribution in [2.75, 3.05) is 7.11 Å². The Morgan fingerprint density at radius 3 is 2.35 bits per heavy atom. The molecule has 0 aliphatic rings. The number of nitrogens with one attached hydrogen (secondary N) is 1. The number of esters is 1. The lowest BCUT2D eigenvalue weighted by atomic mass is 9.98. The third kappa shape index (κ3) is 4.31. The van der Waals surface area contributed by atoms with Gasteiger partial charge in [0.25, 0.3) is 0 Å². The molecule has 0 bridgehead atoms. The summed E-state index contributed by atoms with van der Waals surface area (Å²) in [4.78, 5) is 11.9. The van der Waals surface area contributed by atoms with Crippen LogP contribution in [-0.4, -0.2) is 21.5 Å². The Morgan fingerprint density at radius 1 is 1.08 bits per heavy atom. The average Bonchev–Trinajstić information content (AvgIpc) is 2.59. The Kier molecular flexibility index (Phi) is 6.21. The van der Waals surface area contributed by atoms with Gasteiger partial charge in [-0.25, -0.2) is 17.9 Å². The zero-order valence-corrected chi connectivity index (χ0v) is 16.6. The molecule has 0 heterocycles. The van der Waals surface area contributed by atoms with Crippen molar-refractivity contribution in [2.45, 2.75) is 45.1 Å². The van der Waals surface area contributed by atoms with Gasteiger partial charge in [0, 0.05) is 6.04 Å². The predicted molar refractivity (Wildman–Crippen MR) is 102 cm³/mol. The summed E-state index contributed by atoms with van der Waals surface area (Å²) in [6, 6.07) is 10.1. The smallest absolute Gasteiger partial charge is 0.338 e. The number of hydrogen-bond donors (Lipinski definition) is 1. The highest BCUT2D eigenvalue weighted by atomic mass is 32.2. The predicted octanol–water partition coefficient (Wildman–Crippen LogP) is 3.83. The van der Waals surface area contributed by atoms with Crippen molar-refractivity contribution in [1.82, 2.24) is 4.72 Å². The van der Waals surface area contributed by atoms with Crippen molar-refractivity contribution in [3.8, 4) is 0 Å². The summed E-state index contributed by atoms with van der Waals surface area (Å²) >= 11 is 0. The summed E-state index contributed by atoms with van der Waals surface area (Å²) < 4.78 is 33.2. The molecule has 6 heteroatoms. The summed E-state index contributed by atoms with van der Waals surface area (Å²) in [5.41, 5.74) is 4.03. The molecule has 0 saturated carbocycles. The number of rotatable bonds is 6. The minimum absolute atomic E-state index is 0.0479. The summed E-state index contributed by atoms with van der Waals surface area (Å²) in [6.07, 6.45) is 0.610. The van der Waals surface area contributed by atoms with Gasteiger partial charge >= 0.3 is 5.97 Å². The minimum Gasteiger partial charge on any atom is -0.465 e.